The number of piperazine rings is 1. The number of urea groups is 1. The Balaban J connectivity index is 1.64. The Morgan fingerprint density at radius 2 is 1.85 bits per heavy atom. The van der Waals surface area contributed by atoms with Gasteiger partial charge in [0.1, 0.15) is 17.3 Å². The van der Waals surface area contributed by atoms with Gasteiger partial charge < -0.3 is 24.6 Å². The van der Waals surface area contributed by atoms with Crippen LogP contribution in [0.2, 0.25) is 5.02 Å². The molecular weight excluding hydrogens is 356 g/mol. The van der Waals surface area contributed by atoms with Gasteiger partial charge in [-0.1, -0.05) is 17.7 Å². The molecule has 1 aliphatic rings. The molecule has 0 atom stereocenters. The van der Waals surface area contributed by atoms with E-state index in [0.717, 1.165) is 18.9 Å². The first-order chi connectivity index (χ1) is 12.6. The van der Waals surface area contributed by atoms with E-state index in [9.17, 15) is 4.79 Å². The summed E-state index contributed by atoms with van der Waals surface area (Å²) in [6, 6.07) is 8.91. The van der Waals surface area contributed by atoms with Crippen LogP contribution >= 0.6 is 11.6 Å². The van der Waals surface area contributed by atoms with Gasteiger partial charge in [-0.2, -0.15) is 0 Å². The van der Waals surface area contributed by atoms with Crippen molar-refractivity contribution in [1.29, 1.82) is 0 Å². The normalized spacial score (nSPS) is 14.1. The Kier molecular flexibility index (Phi) is 5.68. The molecule has 2 heterocycles. The van der Waals surface area contributed by atoms with Gasteiger partial charge in [0.25, 0.3) is 0 Å². The number of carbonyl (C=O) groups is 1. The number of nitrogens with zero attached hydrogens (tertiary/aromatic N) is 3. The zero-order valence-corrected chi connectivity index (χ0v) is 15.5. The van der Waals surface area contributed by atoms with Crippen molar-refractivity contribution in [2.24, 2.45) is 0 Å². The van der Waals surface area contributed by atoms with Crippen LogP contribution in [0.4, 0.5) is 16.3 Å². The number of aromatic nitrogens is 1. The van der Waals surface area contributed by atoms with Crippen LogP contribution in [0.25, 0.3) is 0 Å². The van der Waals surface area contributed by atoms with Crippen LogP contribution in [0.15, 0.2) is 36.5 Å². The number of hydrogen-bond acceptors (Lipinski definition) is 5. The van der Waals surface area contributed by atoms with Crippen molar-refractivity contribution in [3.8, 4) is 11.5 Å². The smallest absolute Gasteiger partial charge is 0.322 e. The SMILES string of the molecule is COc1cc(OC)c(NC(=O)N2CCN(c3ccccn3)CC2)cc1Cl. The van der Waals surface area contributed by atoms with Gasteiger partial charge in [-0.05, 0) is 18.2 Å². The second-order valence-electron chi connectivity index (χ2n) is 5.78. The zero-order chi connectivity index (χ0) is 18.5. The van der Waals surface area contributed by atoms with Gasteiger partial charge in [0.15, 0.2) is 0 Å². The monoisotopic (exact) mass is 376 g/mol. The molecule has 0 spiro atoms. The summed E-state index contributed by atoms with van der Waals surface area (Å²) in [7, 11) is 3.06. The van der Waals surface area contributed by atoms with E-state index in [1.54, 1.807) is 23.2 Å². The molecule has 26 heavy (non-hydrogen) atoms. The van der Waals surface area contributed by atoms with E-state index >= 15 is 0 Å². The van der Waals surface area contributed by atoms with E-state index in [0.29, 0.717) is 35.3 Å². The summed E-state index contributed by atoms with van der Waals surface area (Å²) in [4.78, 5) is 20.9. The number of pyridine rings is 1. The van der Waals surface area contributed by atoms with E-state index in [-0.39, 0.29) is 6.03 Å². The minimum absolute atomic E-state index is 0.190. The predicted molar refractivity (Wildman–Crippen MR) is 102 cm³/mol. The largest absolute Gasteiger partial charge is 0.495 e. The summed E-state index contributed by atoms with van der Waals surface area (Å²) in [6.45, 7) is 2.67. The number of ether oxygens (including phenoxy) is 2. The third kappa shape index (κ3) is 3.94. The molecule has 1 N–H and O–H groups in total. The first kappa shape index (κ1) is 18.1. The van der Waals surface area contributed by atoms with Gasteiger partial charge in [0.05, 0.1) is 24.9 Å². The number of anilines is 2. The van der Waals surface area contributed by atoms with Crippen molar-refractivity contribution in [3.05, 3.63) is 41.6 Å². The lowest BCUT2D eigenvalue weighted by Gasteiger charge is -2.35. The minimum atomic E-state index is -0.190. The van der Waals surface area contributed by atoms with Crippen molar-refractivity contribution in [2.75, 3.05) is 50.6 Å². The molecule has 1 aromatic carbocycles. The van der Waals surface area contributed by atoms with E-state index in [2.05, 4.69) is 15.2 Å². The lowest BCUT2D eigenvalue weighted by Crippen LogP contribution is -2.50. The molecule has 2 aromatic rings. The summed E-state index contributed by atoms with van der Waals surface area (Å²) in [5, 5.41) is 3.27. The molecule has 8 heteroatoms. The van der Waals surface area contributed by atoms with Gasteiger partial charge in [0.2, 0.25) is 0 Å². The number of amides is 2. The van der Waals surface area contributed by atoms with E-state index in [1.807, 2.05) is 18.2 Å². The minimum Gasteiger partial charge on any atom is -0.495 e. The molecular formula is C18H21ClN4O3. The van der Waals surface area contributed by atoms with Crippen LogP contribution in [-0.4, -0.2) is 56.3 Å². The average Bonchev–Trinajstić information content (AvgIpc) is 2.69. The van der Waals surface area contributed by atoms with E-state index < -0.39 is 0 Å². The quantitative estimate of drug-likeness (QED) is 0.888. The predicted octanol–water partition coefficient (Wildman–Crippen LogP) is 3.11. The molecule has 3 rings (SSSR count). The molecule has 2 amide bonds. The fourth-order valence-electron chi connectivity index (χ4n) is 2.83. The molecule has 1 aliphatic heterocycles. The first-order valence-electron chi connectivity index (χ1n) is 8.26. The van der Waals surface area contributed by atoms with E-state index in [1.165, 1.54) is 14.2 Å². The number of methoxy groups -OCH3 is 2. The van der Waals surface area contributed by atoms with Crippen LogP contribution in [0.5, 0.6) is 11.5 Å². The molecule has 0 unspecified atom stereocenters. The summed E-state index contributed by atoms with van der Waals surface area (Å²) in [5.41, 5.74) is 0.510. The van der Waals surface area contributed by atoms with E-state index in [4.69, 9.17) is 21.1 Å². The Hall–Kier alpha value is -2.67. The van der Waals surface area contributed by atoms with Crippen LogP contribution in [0.3, 0.4) is 0 Å². The molecule has 0 bridgehead atoms. The molecule has 0 radical (unpaired) electrons. The van der Waals surface area contributed by atoms with Crippen molar-refractivity contribution in [2.45, 2.75) is 0 Å². The number of benzene rings is 1. The Morgan fingerprint density at radius 1 is 1.12 bits per heavy atom. The van der Waals surface area contributed by atoms with Gasteiger partial charge in [0, 0.05) is 38.4 Å². The summed E-state index contributed by atoms with van der Waals surface area (Å²) in [5.74, 6) is 1.91. The molecule has 0 saturated carbocycles. The Labute approximate surface area is 157 Å². The van der Waals surface area contributed by atoms with Crippen molar-refractivity contribution in [1.82, 2.24) is 9.88 Å². The zero-order valence-electron chi connectivity index (χ0n) is 14.7. The van der Waals surface area contributed by atoms with Crippen LogP contribution in [0.1, 0.15) is 0 Å². The topological polar surface area (TPSA) is 66.9 Å². The lowest BCUT2D eigenvalue weighted by molar-refractivity contribution is 0.208. The Morgan fingerprint density at radius 3 is 2.46 bits per heavy atom. The summed E-state index contributed by atoms with van der Waals surface area (Å²) in [6.07, 6.45) is 1.77. The highest BCUT2D eigenvalue weighted by Crippen LogP contribution is 2.36. The molecule has 7 nitrogen and oxygen atoms in total. The summed E-state index contributed by atoms with van der Waals surface area (Å²) >= 11 is 6.16. The standard InChI is InChI=1S/C18H21ClN4O3/c1-25-15-12-16(26-2)14(11-13(15)19)21-18(24)23-9-7-22(8-10-23)17-5-3-4-6-20-17/h3-6,11-12H,7-10H2,1-2H3,(H,21,24). The molecule has 0 aliphatic carbocycles. The van der Waals surface area contributed by atoms with Crippen molar-refractivity contribution in [3.63, 3.8) is 0 Å². The highest BCUT2D eigenvalue weighted by atomic mass is 35.5. The number of nitrogens with one attached hydrogen (secondary N) is 1. The lowest BCUT2D eigenvalue weighted by atomic mass is 10.2. The van der Waals surface area contributed by atoms with Crippen molar-refractivity contribution < 1.29 is 14.3 Å². The van der Waals surface area contributed by atoms with Crippen LogP contribution in [0, 0.1) is 0 Å². The van der Waals surface area contributed by atoms with Crippen LogP contribution < -0.4 is 19.7 Å². The first-order valence-corrected chi connectivity index (χ1v) is 8.63. The number of halogens is 1. The van der Waals surface area contributed by atoms with Gasteiger partial charge in [-0.15, -0.1) is 0 Å². The number of carbonyl (C=O) groups excluding carboxylic acids is 1. The fraction of sp³-hybridized carbons (Fsp3) is 0.333. The van der Waals surface area contributed by atoms with Gasteiger partial charge in [-0.25, -0.2) is 9.78 Å². The average molecular weight is 377 g/mol. The van der Waals surface area contributed by atoms with Gasteiger partial charge >= 0.3 is 6.03 Å². The third-order valence-electron chi connectivity index (χ3n) is 4.26. The maximum atomic E-state index is 12.6. The van der Waals surface area contributed by atoms with Crippen molar-refractivity contribution >= 4 is 29.1 Å². The second kappa shape index (κ2) is 8.14. The maximum Gasteiger partial charge on any atom is 0.322 e. The molecule has 1 aromatic heterocycles. The fourth-order valence-corrected chi connectivity index (χ4v) is 3.07. The maximum absolute atomic E-state index is 12.6. The van der Waals surface area contributed by atoms with Gasteiger partial charge in [-0.3, -0.25) is 0 Å². The Bertz CT molecular complexity index is 765. The number of rotatable bonds is 4. The molecule has 1 saturated heterocycles. The molecule has 138 valence electrons. The summed E-state index contributed by atoms with van der Waals surface area (Å²) < 4.78 is 10.5. The highest BCUT2D eigenvalue weighted by molar-refractivity contribution is 6.32. The number of hydrogen-bond donors (Lipinski definition) is 1. The third-order valence-corrected chi connectivity index (χ3v) is 4.55. The molecule has 1 fully saturated rings. The van der Waals surface area contributed by atoms with Crippen LogP contribution in [-0.2, 0) is 0 Å². The highest BCUT2D eigenvalue weighted by Gasteiger charge is 2.23. The second-order valence-corrected chi connectivity index (χ2v) is 6.19.